The molecule has 2 aliphatic rings. The molecule has 1 fully saturated rings. The molecule has 2 aliphatic heterocycles. The molecule has 3 heteroatoms. The summed E-state index contributed by atoms with van der Waals surface area (Å²) in [6, 6.07) is 7.71. The number of esters is 1. The van der Waals surface area contributed by atoms with Crippen LogP contribution in [0.5, 0.6) is 0 Å². The molecular weight excluding hydrogens is 202 g/mol. The molecule has 0 saturated carbocycles. The molecule has 0 radical (unpaired) electrons. The van der Waals surface area contributed by atoms with Crippen LogP contribution in [0.3, 0.4) is 0 Å². The largest absolute Gasteiger partial charge is 0.438 e. The van der Waals surface area contributed by atoms with Crippen LogP contribution >= 0.6 is 0 Å². The molecule has 16 heavy (non-hydrogen) atoms. The van der Waals surface area contributed by atoms with Crippen LogP contribution < -0.4 is 0 Å². The van der Waals surface area contributed by atoms with E-state index in [0.29, 0.717) is 0 Å². The third-order valence-electron chi connectivity index (χ3n) is 3.39. The van der Waals surface area contributed by atoms with Crippen LogP contribution in [0.15, 0.2) is 24.3 Å². The predicted molar refractivity (Wildman–Crippen MR) is 60.0 cm³/mol. The zero-order chi connectivity index (χ0) is 11.0. The van der Waals surface area contributed by atoms with Crippen molar-refractivity contribution in [2.24, 2.45) is 0 Å². The van der Waals surface area contributed by atoms with Gasteiger partial charge < -0.3 is 4.74 Å². The Bertz CT molecular complexity index is 410. The van der Waals surface area contributed by atoms with Crippen molar-refractivity contribution in [1.82, 2.24) is 4.90 Å². The molecule has 0 unspecified atom stereocenters. The number of benzene rings is 1. The minimum absolute atomic E-state index is 0.135. The van der Waals surface area contributed by atoms with E-state index in [4.69, 9.17) is 4.74 Å². The SMILES string of the molecule is O=C1O[C@@H](N2CCCCC2)c2ccccc21. The fourth-order valence-corrected chi connectivity index (χ4v) is 2.55. The van der Waals surface area contributed by atoms with Gasteiger partial charge in [0.1, 0.15) is 0 Å². The van der Waals surface area contributed by atoms with E-state index < -0.39 is 0 Å². The average Bonchev–Trinajstić information content (AvgIpc) is 2.69. The van der Waals surface area contributed by atoms with Gasteiger partial charge in [0.15, 0.2) is 6.23 Å². The van der Waals surface area contributed by atoms with E-state index in [0.717, 1.165) is 24.2 Å². The number of hydrogen-bond acceptors (Lipinski definition) is 3. The standard InChI is InChI=1S/C13H15NO2/c15-13-11-7-3-2-6-10(11)12(16-13)14-8-4-1-5-9-14/h2-3,6-7,12H,1,4-5,8-9H2/t12-/m1/s1. The first-order chi connectivity index (χ1) is 7.86. The van der Waals surface area contributed by atoms with Crippen LogP contribution in [-0.2, 0) is 4.74 Å². The smallest absolute Gasteiger partial charge is 0.340 e. The number of cyclic esters (lactones) is 1. The second-order valence-corrected chi connectivity index (χ2v) is 4.44. The topological polar surface area (TPSA) is 29.5 Å². The Morgan fingerprint density at radius 3 is 2.69 bits per heavy atom. The second kappa shape index (κ2) is 3.91. The molecule has 3 rings (SSSR count). The highest BCUT2D eigenvalue weighted by atomic mass is 16.6. The zero-order valence-electron chi connectivity index (χ0n) is 9.19. The molecule has 1 saturated heterocycles. The van der Waals surface area contributed by atoms with Crippen LogP contribution in [0.2, 0.25) is 0 Å². The maximum absolute atomic E-state index is 11.7. The van der Waals surface area contributed by atoms with Gasteiger partial charge in [-0.25, -0.2) is 4.79 Å². The number of hydrogen-bond donors (Lipinski definition) is 0. The molecule has 1 aromatic carbocycles. The lowest BCUT2D eigenvalue weighted by atomic mass is 10.1. The normalized spacial score (nSPS) is 25.2. The van der Waals surface area contributed by atoms with E-state index in [1.54, 1.807) is 0 Å². The quantitative estimate of drug-likeness (QED) is 0.676. The van der Waals surface area contributed by atoms with Gasteiger partial charge in [0.2, 0.25) is 0 Å². The van der Waals surface area contributed by atoms with Gasteiger partial charge in [-0.15, -0.1) is 0 Å². The van der Waals surface area contributed by atoms with Crippen molar-refractivity contribution in [3.05, 3.63) is 35.4 Å². The molecule has 2 heterocycles. The molecule has 0 bridgehead atoms. The van der Waals surface area contributed by atoms with E-state index >= 15 is 0 Å². The molecule has 1 atom stereocenters. The molecule has 0 aromatic heterocycles. The highest BCUT2D eigenvalue weighted by Crippen LogP contribution is 2.34. The average molecular weight is 217 g/mol. The van der Waals surface area contributed by atoms with E-state index in [9.17, 15) is 4.79 Å². The molecule has 3 nitrogen and oxygen atoms in total. The maximum Gasteiger partial charge on any atom is 0.340 e. The summed E-state index contributed by atoms with van der Waals surface area (Å²) in [4.78, 5) is 13.9. The molecule has 0 N–H and O–H groups in total. The number of ether oxygens (including phenoxy) is 1. The van der Waals surface area contributed by atoms with E-state index in [-0.39, 0.29) is 12.2 Å². The molecular formula is C13H15NO2. The van der Waals surface area contributed by atoms with Gasteiger partial charge in [-0.1, -0.05) is 24.6 Å². The van der Waals surface area contributed by atoms with Crippen LogP contribution in [0, 0.1) is 0 Å². The highest BCUT2D eigenvalue weighted by molar-refractivity contribution is 5.93. The third kappa shape index (κ3) is 1.52. The first-order valence-electron chi connectivity index (χ1n) is 5.90. The fourth-order valence-electron chi connectivity index (χ4n) is 2.55. The minimum Gasteiger partial charge on any atom is -0.438 e. The van der Waals surface area contributed by atoms with Gasteiger partial charge in [-0.2, -0.15) is 0 Å². The lowest BCUT2D eigenvalue weighted by Gasteiger charge is -2.31. The summed E-state index contributed by atoms with van der Waals surface area (Å²) in [6.07, 6.45) is 3.56. The zero-order valence-corrected chi connectivity index (χ0v) is 9.19. The minimum atomic E-state index is -0.175. The van der Waals surface area contributed by atoms with Crippen LogP contribution in [-0.4, -0.2) is 24.0 Å². The Morgan fingerprint density at radius 2 is 1.88 bits per heavy atom. The molecule has 1 aromatic rings. The van der Waals surface area contributed by atoms with Crippen molar-refractivity contribution in [1.29, 1.82) is 0 Å². The summed E-state index contributed by atoms with van der Waals surface area (Å²) in [7, 11) is 0. The predicted octanol–water partition coefficient (Wildman–Crippen LogP) is 2.34. The van der Waals surface area contributed by atoms with Crippen molar-refractivity contribution in [2.75, 3.05) is 13.1 Å². The van der Waals surface area contributed by atoms with E-state index in [1.165, 1.54) is 19.3 Å². The first-order valence-corrected chi connectivity index (χ1v) is 5.90. The first kappa shape index (κ1) is 9.85. The second-order valence-electron chi connectivity index (χ2n) is 4.44. The van der Waals surface area contributed by atoms with E-state index in [2.05, 4.69) is 4.90 Å². The number of carbonyl (C=O) groups excluding carboxylic acids is 1. The summed E-state index contributed by atoms with van der Waals surface area (Å²) >= 11 is 0. The molecule has 0 spiro atoms. The Kier molecular flexibility index (Phi) is 2.40. The van der Waals surface area contributed by atoms with Crippen molar-refractivity contribution in [2.45, 2.75) is 25.5 Å². The number of piperidine rings is 1. The number of likely N-dealkylation sites (tertiary alicyclic amines) is 1. The van der Waals surface area contributed by atoms with Gasteiger partial charge in [0.05, 0.1) is 5.56 Å². The molecule has 0 aliphatic carbocycles. The van der Waals surface area contributed by atoms with Crippen molar-refractivity contribution in [3.63, 3.8) is 0 Å². The summed E-state index contributed by atoms with van der Waals surface area (Å²) in [5.74, 6) is -0.175. The fraction of sp³-hybridized carbons (Fsp3) is 0.462. The lowest BCUT2D eigenvalue weighted by molar-refractivity contribution is -0.0300. The Labute approximate surface area is 95.0 Å². The van der Waals surface area contributed by atoms with Crippen molar-refractivity contribution >= 4 is 5.97 Å². The highest BCUT2D eigenvalue weighted by Gasteiger charge is 2.35. The third-order valence-corrected chi connectivity index (χ3v) is 3.39. The Balaban J connectivity index is 1.90. The van der Waals surface area contributed by atoms with Gasteiger partial charge >= 0.3 is 5.97 Å². The van der Waals surface area contributed by atoms with Crippen molar-refractivity contribution < 1.29 is 9.53 Å². The van der Waals surface area contributed by atoms with Gasteiger partial charge in [-0.3, -0.25) is 4.90 Å². The van der Waals surface area contributed by atoms with Crippen LogP contribution in [0.25, 0.3) is 0 Å². The number of nitrogens with zero attached hydrogens (tertiary/aromatic N) is 1. The van der Waals surface area contributed by atoms with Gasteiger partial charge in [-0.05, 0) is 18.9 Å². The lowest BCUT2D eigenvalue weighted by Crippen LogP contribution is -2.33. The molecule has 84 valence electrons. The monoisotopic (exact) mass is 217 g/mol. The summed E-state index contributed by atoms with van der Waals surface area (Å²) in [5.41, 5.74) is 1.77. The number of fused-ring (bicyclic) bond motifs is 1. The summed E-state index contributed by atoms with van der Waals surface area (Å²) < 4.78 is 5.46. The molecule has 0 amide bonds. The van der Waals surface area contributed by atoms with Gasteiger partial charge in [0, 0.05) is 18.7 Å². The summed E-state index contributed by atoms with van der Waals surface area (Å²) in [5, 5.41) is 0. The number of carbonyl (C=O) groups is 1. The van der Waals surface area contributed by atoms with Crippen molar-refractivity contribution in [3.8, 4) is 0 Å². The Hall–Kier alpha value is -1.35. The number of rotatable bonds is 1. The van der Waals surface area contributed by atoms with Crippen LogP contribution in [0.4, 0.5) is 0 Å². The van der Waals surface area contributed by atoms with Gasteiger partial charge in [0.25, 0.3) is 0 Å². The maximum atomic E-state index is 11.7. The Morgan fingerprint density at radius 1 is 1.12 bits per heavy atom. The van der Waals surface area contributed by atoms with E-state index in [1.807, 2.05) is 24.3 Å². The summed E-state index contributed by atoms with van der Waals surface area (Å²) in [6.45, 7) is 2.07. The van der Waals surface area contributed by atoms with Crippen LogP contribution in [0.1, 0.15) is 41.4 Å².